The molecule has 0 saturated carbocycles. The first-order chi connectivity index (χ1) is 12.2. The van der Waals surface area contributed by atoms with Gasteiger partial charge in [0.15, 0.2) is 17.9 Å². The summed E-state index contributed by atoms with van der Waals surface area (Å²) in [5.41, 5.74) is -0.221. The summed E-state index contributed by atoms with van der Waals surface area (Å²) in [7, 11) is 0. The van der Waals surface area contributed by atoms with Crippen LogP contribution in [0.15, 0.2) is 0 Å². The predicted octanol–water partition coefficient (Wildman–Crippen LogP) is 2.91. The minimum Gasteiger partial charge on any atom is -0.369 e. The molecule has 6 unspecified atom stereocenters. The van der Waals surface area contributed by atoms with Crippen molar-refractivity contribution >= 4 is 0 Å². The molecule has 4 saturated heterocycles. The van der Waals surface area contributed by atoms with Crippen molar-refractivity contribution in [2.45, 2.75) is 102 Å². The van der Waals surface area contributed by atoms with Gasteiger partial charge in [0.1, 0.15) is 12.7 Å². The van der Waals surface area contributed by atoms with Crippen LogP contribution in [0.1, 0.15) is 60.3 Å². The third kappa shape index (κ3) is 3.81. The molecule has 4 aliphatic rings. The van der Waals surface area contributed by atoms with E-state index in [2.05, 4.69) is 13.8 Å². The van der Waals surface area contributed by atoms with E-state index in [1.54, 1.807) is 0 Å². The average molecular weight is 372 g/mol. The SMILES string of the molecule is CC1(C)CC2C(COOC3(C)CCCCO3)OC3OC(C)(C)OC3C2O1. The highest BCUT2D eigenvalue weighted by atomic mass is 17.2. The minimum atomic E-state index is -0.675. The maximum Gasteiger partial charge on any atom is 0.198 e. The lowest BCUT2D eigenvalue weighted by Gasteiger charge is -2.39. The summed E-state index contributed by atoms with van der Waals surface area (Å²) in [4.78, 5) is 11.2. The van der Waals surface area contributed by atoms with Gasteiger partial charge in [0.05, 0.1) is 24.4 Å². The fourth-order valence-corrected chi connectivity index (χ4v) is 4.56. The van der Waals surface area contributed by atoms with Crippen molar-refractivity contribution < 1.29 is 33.5 Å². The summed E-state index contributed by atoms with van der Waals surface area (Å²) in [6.07, 6.45) is 2.95. The molecule has 0 radical (unpaired) electrons. The van der Waals surface area contributed by atoms with E-state index < -0.39 is 17.9 Å². The van der Waals surface area contributed by atoms with Gasteiger partial charge in [-0.15, -0.1) is 0 Å². The van der Waals surface area contributed by atoms with Crippen molar-refractivity contribution in [3.05, 3.63) is 0 Å². The highest BCUT2D eigenvalue weighted by Gasteiger charge is 2.59. The van der Waals surface area contributed by atoms with Gasteiger partial charge in [-0.05, 0) is 53.9 Å². The molecule has 0 aromatic heterocycles. The normalized spacial score (nSPS) is 46.7. The van der Waals surface area contributed by atoms with Gasteiger partial charge < -0.3 is 23.7 Å². The van der Waals surface area contributed by atoms with Gasteiger partial charge in [0, 0.05) is 12.3 Å². The molecule has 7 heteroatoms. The average Bonchev–Trinajstić information content (AvgIpc) is 3.02. The molecule has 0 bridgehead atoms. The van der Waals surface area contributed by atoms with Crippen molar-refractivity contribution in [3.63, 3.8) is 0 Å². The monoisotopic (exact) mass is 372 g/mol. The van der Waals surface area contributed by atoms with Crippen LogP contribution in [-0.2, 0) is 33.5 Å². The molecule has 0 amide bonds. The standard InChI is InChI=1S/C19H32O7/c1-17(2)10-12-13(11-21-26-19(5)8-6-7-9-20-19)22-16-15(14(12)23-17)24-18(3,4)25-16/h12-16H,6-11H2,1-5H3. The first kappa shape index (κ1) is 19.1. The summed E-state index contributed by atoms with van der Waals surface area (Å²) < 4.78 is 30.2. The maximum absolute atomic E-state index is 6.30. The lowest BCUT2D eigenvalue weighted by atomic mass is 9.85. The summed E-state index contributed by atoms with van der Waals surface area (Å²) in [5, 5.41) is 0. The van der Waals surface area contributed by atoms with E-state index in [1.807, 2.05) is 20.8 Å². The molecule has 150 valence electrons. The van der Waals surface area contributed by atoms with E-state index in [4.69, 9.17) is 33.5 Å². The molecule has 0 aromatic rings. The molecule has 26 heavy (non-hydrogen) atoms. The molecule has 7 nitrogen and oxygen atoms in total. The third-order valence-electron chi connectivity index (χ3n) is 5.70. The molecular weight excluding hydrogens is 340 g/mol. The van der Waals surface area contributed by atoms with E-state index in [-0.39, 0.29) is 29.8 Å². The van der Waals surface area contributed by atoms with Crippen LogP contribution in [-0.4, -0.2) is 55.0 Å². The van der Waals surface area contributed by atoms with Crippen LogP contribution in [0.25, 0.3) is 0 Å². The first-order valence-electron chi connectivity index (χ1n) is 9.80. The molecule has 0 spiro atoms. The molecule has 6 atom stereocenters. The number of fused-ring (bicyclic) bond motifs is 3. The van der Waals surface area contributed by atoms with Crippen LogP contribution in [0, 0.1) is 5.92 Å². The Hall–Kier alpha value is -0.280. The molecule has 4 rings (SSSR count). The highest BCUT2D eigenvalue weighted by molar-refractivity contribution is 5.01. The fourth-order valence-electron chi connectivity index (χ4n) is 4.56. The molecule has 0 aromatic carbocycles. The molecular formula is C19H32O7. The molecule has 4 aliphatic heterocycles. The van der Waals surface area contributed by atoms with E-state index in [0.29, 0.717) is 13.2 Å². The molecule has 4 fully saturated rings. The summed E-state index contributed by atoms with van der Waals surface area (Å²) in [6, 6.07) is 0. The van der Waals surface area contributed by atoms with Gasteiger partial charge in [-0.25, -0.2) is 9.78 Å². The third-order valence-corrected chi connectivity index (χ3v) is 5.70. The van der Waals surface area contributed by atoms with Gasteiger partial charge >= 0.3 is 0 Å². The second kappa shape index (κ2) is 6.65. The zero-order valence-electron chi connectivity index (χ0n) is 16.5. The number of hydrogen-bond acceptors (Lipinski definition) is 7. The van der Waals surface area contributed by atoms with E-state index >= 15 is 0 Å². The van der Waals surface area contributed by atoms with Gasteiger partial charge in [-0.2, -0.15) is 0 Å². The summed E-state index contributed by atoms with van der Waals surface area (Å²) in [6.45, 7) is 11.0. The van der Waals surface area contributed by atoms with Gasteiger partial charge in [-0.1, -0.05) is 0 Å². The Balaban J connectivity index is 1.41. The Bertz CT molecular complexity index is 514. The number of hydrogen-bond donors (Lipinski definition) is 0. The Kier molecular flexibility index (Phi) is 4.88. The largest absolute Gasteiger partial charge is 0.369 e. The smallest absolute Gasteiger partial charge is 0.198 e. The highest BCUT2D eigenvalue weighted by Crippen LogP contribution is 2.48. The van der Waals surface area contributed by atoms with Crippen molar-refractivity contribution in [2.24, 2.45) is 5.92 Å². The Morgan fingerprint density at radius 1 is 0.962 bits per heavy atom. The van der Waals surface area contributed by atoms with Crippen molar-refractivity contribution in [2.75, 3.05) is 13.2 Å². The fraction of sp³-hybridized carbons (Fsp3) is 1.00. The topological polar surface area (TPSA) is 64.6 Å². The van der Waals surface area contributed by atoms with E-state index in [0.717, 1.165) is 25.7 Å². The summed E-state index contributed by atoms with van der Waals surface area (Å²) >= 11 is 0. The van der Waals surface area contributed by atoms with Crippen LogP contribution in [0.5, 0.6) is 0 Å². The molecule has 4 heterocycles. The maximum atomic E-state index is 6.30. The number of ether oxygens (including phenoxy) is 5. The van der Waals surface area contributed by atoms with Crippen LogP contribution < -0.4 is 0 Å². The molecule has 0 aliphatic carbocycles. The van der Waals surface area contributed by atoms with Crippen LogP contribution in [0.4, 0.5) is 0 Å². The van der Waals surface area contributed by atoms with Crippen molar-refractivity contribution in [1.82, 2.24) is 0 Å². The van der Waals surface area contributed by atoms with E-state index in [1.165, 1.54) is 0 Å². The van der Waals surface area contributed by atoms with Crippen molar-refractivity contribution in [1.29, 1.82) is 0 Å². The number of rotatable bonds is 4. The van der Waals surface area contributed by atoms with Gasteiger partial charge in [0.25, 0.3) is 0 Å². The Morgan fingerprint density at radius 3 is 2.50 bits per heavy atom. The lowest BCUT2D eigenvalue weighted by Crippen LogP contribution is -2.53. The Morgan fingerprint density at radius 2 is 1.77 bits per heavy atom. The van der Waals surface area contributed by atoms with Crippen LogP contribution >= 0.6 is 0 Å². The lowest BCUT2D eigenvalue weighted by molar-refractivity contribution is -0.439. The van der Waals surface area contributed by atoms with Crippen molar-refractivity contribution in [3.8, 4) is 0 Å². The minimum absolute atomic E-state index is 0.0688. The van der Waals surface area contributed by atoms with Crippen LogP contribution in [0.3, 0.4) is 0 Å². The second-order valence-electron chi connectivity index (χ2n) is 9.16. The second-order valence-corrected chi connectivity index (χ2v) is 9.16. The summed E-state index contributed by atoms with van der Waals surface area (Å²) in [5.74, 6) is -1.17. The van der Waals surface area contributed by atoms with Gasteiger partial charge in [-0.3, -0.25) is 0 Å². The Labute approximate surface area is 155 Å². The van der Waals surface area contributed by atoms with Gasteiger partial charge in [0.2, 0.25) is 0 Å². The molecule has 0 N–H and O–H groups in total. The predicted molar refractivity (Wildman–Crippen MR) is 91.0 cm³/mol. The first-order valence-corrected chi connectivity index (χ1v) is 9.80. The quantitative estimate of drug-likeness (QED) is 0.555. The zero-order valence-corrected chi connectivity index (χ0v) is 16.5. The zero-order chi connectivity index (χ0) is 18.6. The van der Waals surface area contributed by atoms with Crippen LogP contribution in [0.2, 0.25) is 0 Å². The van der Waals surface area contributed by atoms with E-state index in [9.17, 15) is 0 Å².